The number of hydrogen-bond acceptors (Lipinski definition) is 5. The zero-order valence-electron chi connectivity index (χ0n) is 12.7. The fraction of sp³-hybridized carbons (Fsp3) is 0.118. The molecule has 2 amide bonds. The molecule has 0 aliphatic carbocycles. The number of benzene rings is 2. The smallest absolute Gasteiger partial charge is 0.267 e. The molecule has 0 aliphatic heterocycles. The number of carbonyl (C=O) groups is 3. The first-order valence-electron chi connectivity index (χ1n) is 7.19. The van der Waals surface area contributed by atoms with E-state index in [1.807, 2.05) is 12.1 Å². The zero-order chi connectivity index (χ0) is 17.5. The predicted molar refractivity (Wildman–Crippen MR) is 87.5 cm³/mol. The number of amides is 2. The molecule has 0 saturated heterocycles. The number of aldehydes is 1. The Hall–Kier alpha value is -3.03. The van der Waals surface area contributed by atoms with Crippen LogP contribution < -0.4 is 16.5 Å². The fourth-order valence-electron chi connectivity index (χ4n) is 2.12. The number of hydrogen-bond donors (Lipinski definition) is 4. The Balaban J connectivity index is 2.11. The Labute approximate surface area is 138 Å². The summed E-state index contributed by atoms with van der Waals surface area (Å²) in [6, 6.07) is 12.8. The molecular weight excluding hydrogens is 310 g/mol. The molecule has 0 radical (unpaired) electrons. The standard InChI is InChI=1S/C17H17N3O4/c18-9-15(17(23)20-24)19-16(22)14-7-5-13(6-8-14)12-3-1-11(10-21)2-4-12/h1-8,10,15,24H,9,18H2,(H,19,22)(H,20,23)/t15-/m0/s1. The molecule has 2 rings (SSSR count). The molecule has 0 fully saturated rings. The van der Waals surface area contributed by atoms with Crippen LogP contribution in [-0.4, -0.2) is 35.9 Å². The summed E-state index contributed by atoms with van der Waals surface area (Å²) in [5, 5.41) is 11.0. The van der Waals surface area contributed by atoms with Gasteiger partial charge in [-0.3, -0.25) is 19.6 Å². The molecule has 0 saturated carbocycles. The molecule has 2 aromatic rings. The molecule has 0 bridgehead atoms. The third-order valence-electron chi connectivity index (χ3n) is 3.49. The van der Waals surface area contributed by atoms with Gasteiger partial charge in [-0.25, -0.2) is 5.48 Å². The van der Waals surface area contributed by atoms with Crippen molar-refractivity contribution in [2.75, 3.05) is 6.54 Å². The summed E-state index contributed by atoms with van der Waals surface area (Å²) in [6.07, 6.45) is 0.771. The van der Waals surface area contributed by atoms with E-state index in [-0.39, 0.29) is 6.54 Å². The summed E-state index contributed by atoms with van der Waals surface area (Å²) in [4.78, 5) is 34.1. The van der Waals surface area contributed by atoms with Crippen LogP contribution in [0.5, 0.6) is 0 Å². The largest absolute Gasteiger partial charge is 0.339 e. The Morgan fingerprint density at radius 2 is 1.58 bits per heavy atom. The Morgan fingerprint density at radius 3 is 2.04 bits per heavy atom. The second-order valence-electron chi connectivity index (χ2n) is 5.06. The van der Waals surface area contributed by atoms with E-state index >= 15 is 0 Å². The van der Waals surface area contributed by atoms with Gasteiger partial charge in [-0.2, -0.15) is 0 Å². The van der Waals surface area contributed by atoms with Crippen LogP contribution in [0.25, 0.3) is 11.1 Å². The van der Waals surface area contributed by atoms with Crippen molar-refractivity contribution in [1.82, 2.24) is 10.8 Å². The summed E-state index contributed by atoms with van der Waals surface area (Å²) in [6.45, 7) is -0.140. The normalized spacial score (nSPS) is 11.4. The van der Waals surface area contributed by atoms with Gasteiger partial charge in [0, 0.05) is 17.7 Å². The van der Waals surface area contributed by atoms with Crippen molar-refractivity contribution in [3.05, 3.63) is 59.7 Å². The van der Waals surface area contributed by atoms with Crippen molar-refractivity contribution < 1.29 is 19.6 Å². The van der Waals surface area contributed by atoms with Crippen LogP contribution >= 0.6 is 0 Å². The molecule has 5 N–H and O–H groups in total. The van der Waals surface area contributed by atoms with Gasteiger partial charge >= 0.3 is 0 Å². The lowest BCUT2D eigenvalue weighted by Gasteiger charge is -2.14. The molecule has 0 aliphatic rings. The van der Waals surface area contributed by atoms with Gasteiger partial charge in [0.2, 0.25) is 0 Å². The highest BCUT2D eigenvalue weighted by Crippen LogP contribution is 2.20. The summed E-state index contributed by atoms with van der Waals surface area (Å²) in [7, 11) is 0. The fourth-order valence-corrected chi connectivity index (χ4v) is 2.12. The maximum atomic E-state index is 12.1. The number of hydroxylamine groups is 1. The number of nitrogens with one attached hydrogen (secondary N) is 2. The molecule has 7 heteroatoms. The van der Waals surface area contributed by atoms with Crippen molar-refractivity contribution in [3.8, 4) is 11.1 Å². The van der Waals surface area contributed by atoms with Crippen molar-refractivity contribution >= 4 is 18.1 Å². The van der Waals surface area contributed by atoms with Crippen molar-refractivity contribution in [2.45, 2.75) is 6.04 Å². The van der Waals surface area contributed by atoms with Gasteiger partial charge in [-0.1, -0.05) is 36.4 Å². The maximum Gasteiger partial charge on any atom is 0.267 e. The van der Waals surface area contributed by atoms with Gasteiger partial charge in [-0.15, -0.1) is 0 Å². The minimum absolute atomic E-state index is 0.140. The first-order valence-corrected chi connectivity index (χ1v) is 7.19. The average Bonchev–Trinajstić information content (AvgIpc) is 2.65. The minimum Gasteiger partial charge on any atom is -0.339 e. The average molecular weight is 327 g/mol. The van der Waals surface area contributed by atoms with Gasteiger partial charge in [0.15, 0.2) is 0 Å². The molecular formula is C17H17N3O4. The van der Waals surface area contributed by atoms with Gasteiger partial charge in [0.05, 0.1) is 0 Å². The molecule has 0 unspecified atom stereocenters. The molecule has 24 heavy (non-hydrogen) atoms. The first-order chi connectivity index (χ1) is 11.6. The molecule has 0 spiro atoms. The van der Waals surface area contributed by atoms with Gasteiger partial charge in [0.1, 0.15) is 12.3 Å². The highest BCUT2D eigenvalue weighted by molar-refractivity contribution is 5.97. The van der Waals surface area contributed by atoms with Crippen LogP contribution in [0.4, 0.5) is 0 Å². The Bertz CT molecular complexity index is 727. The molecule has 7 nitrogen and oxygen atoms in total. The maximum absolute atomic E-state index is 12.1. The second kappa shape index (κ2) is 8.00. The number of carbonyl (C=O) groups excluding carboxylic acids is 3. The minimum atomic E-state index is -1.02. The molecule has 0 aromatic heterocycles. The summed E-state index contributed by atoms with van der Waals surface area (Å²) in [5.41, 5.74) is 9.58. The van der Waals surface area contributed by atoms with Gasteiger partial charge in [-0.05, 0) is 23.3 Å². The van der Waals surface area contributed by atoms with Crippen molar-refractivity contribution in [3.63, 3.8) is 0 Å². The third-order valence-corrected chi connectivity index (χ3v) is 3.49. The molecule has 124 valence electrons. The van der Waals surface area contributed by atoms with Crippen LogP contribution in [0.1, 0.15) is 20.7 Å². The van der Waals surface area contributed by atoms with Crippen molar-refractivity contribution in [2.24, 2.45) is 5.73 Å². The van der Waals surface area contributed by atoms with E-state index < -0.39 is 17.9 Å². The highest BCUT2D eigenvalue weighted by atomic mass is 16.5. The van der Waals surface area contributed by atoms with Crippen LogP contribution in [-0.2, 0) is 4.79 Å². The third kappa shape index (κ3) is 4.03. The van der Waals surface area contributed by atoms with Crippen LogP contribution in [0, 0.1) is 0 Å². The SMILES string of the molecule is NC[C@H](NC(=O)c1ccc(-c2ccc(C=O)cc2)cc1)C(=O)NO. The van der Waals surface area contributed by atoms with Gasteiger partial charge in [0.25, 0.3) is 11.8 Å². The lowest BCUT2D eigenvalue weighted by Crippen LogP contribution is -2.50. The predicted octanol–water partition coefficient (Wildman–Crippen LogP) is 0.729. The van der Waals surface area contributed by atoms with E-state index in [2.05, 4.69) is 5.32 Å². The molecule has 0 heterocycles. The number of rotatable bonds is 6. The number of nitrogens with two attached hydrogens (primary N) is 1. The van der Waals surface area contributed by atoms with Crippen LogP contribution in [0.3, 0.4) is 0 Å². The monoisotopic (exact) mass is 327 g/mol. The highest BCUT2D eigenvalue weighted by Gasteiger charge is 2.19. The Kier molecular flexibility index (Phi) is 5.78. The lowest BCUT2D eigenvalue weighted by atomic mass is 10.0. The van der Waals surface area contributed by atoms with E-state index in [0.717, 1.165) is 17.4 Å². The second-order valence-corrected chi connectivity index (χ2v) is 5.06. The first kappa shape index (κ1) is 17.3. The lowest BCUT2D eigenvalue weighted by molar-refractivity contribution is -0.130. The summed E-state index contributed by atoms with van der Waals surface area (Å²) >= 11 is 0. The summed E-state index contributed by atoms with van der Waals surface area (Å²) < 4.78 is 0. The van der Waals surface area contributed by atoms with Crippen molar-refractivity contribution in [1.29, 1.82) is 0 Å². The topological polar surface area (TPSA) is 122 Å². The van der Waals surface area contributed by atoms with Gasteiger partial charge < -0.3 is 11.1 Å². The van der Waals surface area contributed by atoms with Crippen LogP contribution in [0.15, 0.2) is 48.5 Å². The zero-order valence-corrected chi connectivity index (χ0v) is 12.7. The molecule has 2 aromatic carbocycles. The van der Waals surface area contributed by atoms with E-state index in [9.17, 15) is 14.4 Å². The molecule has 1 atom stereocenters. The van der Waals surface area contributed by atoms with E-state index in [1.165, 1.54) is 5.48 Å². The van der Waals surface area contributed by atoms with E-state index in [1.54, 1.807) is 36.4 Å². The van der Waals surface area contributed by atoms with E-state index in [4.69, 9.17) is 10.9 Å². The van der Waals surface area contributed by atoms with Crippen LogP contribution in [0.2, 0.25) is 0 Å². The van der Waals surface area contributed by atoms with E-state index in [0.29, 0.717) is 11.1 Å². The summed E-state index contributed by atoms with van der Waals surface area (Å²) in [5.74, 6) is -1.25. The Morgan fingerprint density at radius 1 is 1.04 bits per heavy atom. The quantitative estimate of drug-likeness (QED) is 0.354.